The van der Waals surface area contributed by atoms with Gasteiger partial charge in [0.15, 0.2) is 0 Å². The van der Waals surface area contributed by atoms with E-state index in [0.29, 0.717) is 31.0 Å². The van der Waals surface area contributed by atoms with Crippen LogP contribution in [0.4, 0.5) is 0 Å². The van der Waals surface area contributed by atoms with E-state index in [1.54, 1.807) is 0 Å². The highest BCUT2D eigenvalue weighted by Crippen LogP contribution is 2.24. The van der Waals surface area contributed by atoms with Crippen molar-refractivity contribution in [2.45, 2.75) is 45.2 Å². The van der Waals surface area contributed by atoms with E-state index in [1.165, 1.54) is 0 Å². The van der Waals surface area contributed by atoms with E-state index < -0.39 is 0 Å². The third-order valence-electron chi connectivity index (χ3n) is 5.36. The summed E-state index contributed by atoms with van der Waals surface area (Å²) in [5.41, 5.74) is 7.68. The maximum Gasteiger partial charge on any atom is 0.254 e. The molecule has 2 N–H and O–H groups in total. The molecule has 2 atom stereocenters. The number of hydrogen-bond donors (Lipinski definition) is 1. The molecule has 0 saturated carbocycles. The van der Waals surface area contributed by atoms with E-state index in [9.17, 15) is 9.59 Å². The minimum absolute atomic E-state index is 0.0702. The Morgan fingerprint density at radius 3 is 2.58 bits per heavy atom. The summed E-state index contributed by atoms with van der Waals surface area (Å²) in [7, 11) is 0. The number of amides is 2. The molecule has 3 rings (SSSR count). The van der Waals surface area contributed by atoms with Crippen LogP contribution in [0.25, 0.3) is 0 Å². The summed E-state index contributed by atoms with van der Waals surface area (Å²) < 4.78 is 0. The lowest BCUT2D eigenvalue weighted by molar-refractivity contribution is -0.128. The predicted octanol–water partition coefficient (Wildman–Crippen LogP) is 2.01. The Kier molecular flexibility index (Phi) is 5.19. The fourth-order valence-corrected chi connectivity index (χ4v) is 3.87. The Morgan fingerprint density at radius 2 is 1.96 bits per heavy atom. The number of benzene rings is 1. The van der Waals surface area contributed by atoms with E-state index >= 15 is 0 Å². The summed E-state index contributed by atoms with van der Waals surface area (Å²) in [5.74, 6) is 0.747. The van der Waals surface area contributed by atoms with Crippen molar-refractivity contribution < 1.29 is 9.59 Å². The van der Waals surface area contributed by atoms with Crippen molar-refractivity contribution in [3.63, 3.8) is 0 Å². The van der Waals surface area contributed by atoms with Crippen molar-refractivity contribution in [3.8, 4) is 0 Å². The SMILES string of the molecule is C[C@H]1CCCN(C(=O)c2ccc(CN3CCCC3=O)cc2)[C@H]1CN. The molecule has 5 nitrogen and oxygen atoms in total. The molecule has 2 amide bonds. The van der Waals surface area contributed by atoms with Gasteiger partial charge in [0.1, 0.15) is 0 Å². The second-order valence-corrected chi connectivity index (χ2v) is 7.04. The molecule has 0 aliphatic carbocycles. The number of piperidine rings is 1. The molecule has 5 heteroatoms. The first-order chi connectivity index (χ1) is 11.6. The van der Waals surface area contributed by atoms with E-state index in [4.69, 9.17) is 5.73 Å². The van der Waals surface area contributed by atoms with Crippen molar-refractivity contribution in [2.75, 3.05) is 19.6 Å². The second kappa shape index (κ2) is 7.34. The van der Waals surface area contributed by atoms with Gasteiger partial charge < -0.3 is 15.5 Å². The van der Waals surface area contributed by atoms with Gasteiger partial charge in [-0.15, -0.1) is 0 Å². The molecular formula is C19H27N3O2. The summed E-state index contributed by atoms with van der Waals surface area (Å²) in [6.45, 7) is 4.95. The number of hydrogen-bond acceptors (Lipinski definition) is 3. The van der Waals surface area contributed by atoms with Crippen molar-refractivity contribution in [1.82, 2.24) is 9.80 Å². The zero-order chi connectivity index (χ0) is 17.1. The normalized spacial score (nSPS) is 24.5. The van der Waals surface area contributed by atoms with E-state index in [0.717, 1.165) is 37.9 Å². The lowest BCUT2D eigenvalue weighted by atomic mass is 9.90. The van der Waals surface area contributed by atoms with Crippen LogP contribution in [0.5, 0.6) is 0 Å². The molecule has 2 heterocycles. The fourth-order valence-electron chi connectivity index (χ4n) is 3.87. The smallest absolute Gasteiger partial charge is 0.254 e. The van der Waals surface area contributed by atoms with Crippen molar-refractivity contribution >= 4 is 11.8 Å². The number of nitrogens with two attached hydrogens (primary N) is 1. The van der Waals surface area contributed by atoms with Gasteiger partial charge in [0.05, 0.1) is 0 Å². The van der Waals surface area contributed by atoms with E-state index in [-0.39, 0.29) is 17.9 Å². The maximum absolute atomic E-state index is 12.8. The summed E-state index contributed by atoms with van der Waals surface area (Å²) in [4.78, 5) is 28.4. The van der Waals surface area contributed by atoms with E-state index in [1.807, 2.05) is 34.1 Å². The molecule has 2 fully saturated rings. The third-order valence-corrected chi connectivity index (χ3v) is 5.36. The summed E-state index contributed by atoms with van der Waals surface area (Å²) >= 11 is 0. The van der Waals surface area contributed by atoms with Crippen LogP contribution in [-0.4, -0.2) is 47.3 Å². The fraction of sp³-hybridized carbons (Fsp3) is 0.579. The van der Waals surface area contributed by atoms with Gasteiger partial charge in [-0.05, 0) is 42.9 Å². The van der Waals surface area contributed by atoms with Crippen molar-refractivity contribution in [1.29, 1.82) is 0 Å². The quantitative estimate of drug-likeness (QED) is 0.919. The minimum Gasteiger partial charge on any atom is -0.338 e. The number of carbonyl (C=O) groups is 2. The van der Waals surface area contributed by atoms with Crippen LogP contribution >= 0.6 is 0 Å². The highest BCUT2D eigenvalue weighted by molar-refractivity contribution is 5.94. The lowest BCUT2D eigenvalue weighted by Crippen LogP contribution is -2.51. The molecule has 0 aromatic heterocycles. The van der Waals surface area contributed by atoms with Gasteiger partial charge >= 0.3 is 0 Å². The Labute approximate surface area is 143 Å². The second-order valence-electron chi connectivity index (χ2n) is 7.04. The highest BCUT2D eigenvalue weighted by Gasteiger charge is 2.31. The number of carbonyl (C=O) groups excluding carboxylic acids is 2. The molecular weight excluding hydrogens is 302 g/mol. The number of nitrogens with zero attached hydrogens (tertiary/aromatic N) is 2. The molecule has 0 unspecified atom stereocenters. The standard InChI is InChI=1S/C19H27N3O2/c1-14-4-2-11-22(17(14)12-20)19(24)16-8-6-15(7-9-16)13-21-10-3-5-18(21)23/h6-9,14,17H,2-5,10-13,20H2,1H3/t14-,17-/m0/s1. The first kappa shape index (κ1) is 17.0. The Hall–Kier alpha value is -1.88. The summed E-state index contributed by atoms with van der Waals surface area (Å²) in [6.07, 6.45) is 3.78. The number of likely N-dealkylation sites (tertiary alicyclic amines) is 2. The molecule has 1 aromatic rings. The average Bonchev–Trinajstić information content (AvgIpc) is 2.99. The summed E-state index contributed by atoms with van der Waals surface area (Å²) in [5, 5.41) is 0. The number of rotatable bonds is 4. The topological polar surface area (TPSA) is 66.6 Å². The van der Waals surface area contributed by atoms with Gasteiger partial charge in [0.2, 0.25) is 5.91 Å². The molecule has 0 radical (unpaired) electrons. The van der Waals surface area contributed by atoms with Crippen LogP contribution in [0.2, 0.25) is 0 Å². The molecule has 0 bridgehead atoms. The van der Waals surface area contributed by atoms with Gasteiger partial charge in [-0.2, -0.15) is 0 Å². The van der Waals surface area contributed by atoms with Crippen LogP contribution in [0.15, 0.2) is 24.3 Å². The van der Waals surface area contributed by atoms with Gasteiger partial charge in [-0.25, -0.2) is 0 Å². The zero-order valence-electron chi connectivity index (χ0n) is 14.4. The van der Waals surface area contributed by atoms with Crippen LogP contribution in [0.3, 0.4) is 0 Å². The third kappa shape index (κ3) is 3.46. The zero-order valence-corrected chi connectivity index (χ0v) is 14.4. The van der Waals surface area contributed by atoms with Crippen molar-refractivity contribution in [3.05, 3.63) is 35.4 Å². The van der Waals surface area contributed by atoms with Crippen LogP contribution < -0.4 is 5.73 Å². The average molecular weight is 329 g/mol. The predicted molar refractivity (Wildman–Crippen MR) is 93.4 cm³/mol. The largest absolute Gasteiger partial charge is 0.338 e. The Morgan fingerprint density at radius 1 is 1.21 bits per heavy atom. The lowest BCUT2D eigenvalue weighted by Gasteiger charge is -2.39. The monoisotopic (exact) mass is 329 g/mol. The summed E-state index contributed by atoms with van der Waals surface area (Å²) in [6, 6.07) is 7.82. The van der Waals surface area contributed by atoms with Gasteiger partial charge in [0, 0.05) is 44.2 Å². The van der Waals surface area contributed by atoms with Crippen LogP contribution in [0, 0.1) is 5.92 Å². The molecule has 130 valence electrons. The van der Waals surface area contributed by atoms with Gasteiger partial charge in [-0.3, -0.25) is 9.59 Å². The molecule has 2 aliphatic heterocycles. The highest BCUT2D eigenvalue weighted by atomic mass is 16.2. The van der Waals surface area contributed by atoms with Gasteiger partial charge in [0.25, 0.3) is 5.91 Å². The molecule has 1 aromatic carbocycles. The minimum atomic E-state index is 0.0702. The first-order valence-electron chi connectivity index (χ1n) is 8.98. The van der Waals surface area contributed by atoms with Gasteiger partial charge in [-0.1, -0.05) is 19.1 Å². The molecule has 24 heavy (non-hydrogen) atoms. The molecule has 2 saturated heterocycles. The molecule has 0 spiro atoms. The van der Waals surface area contributed by atoms with E-state index in [2.05, 4.69) is 6.92 Å². The Bertz CT molecular complexity index is 599. The molecule has 2 aliphatic rings. The van der Waals surface area contributed by atoms with Crippen LogP contribution in [0.1, 0.15) is 48.5 Å². The maximum atomic E-state index is 12.8. The first-order valence-corrected chi connectivity index (χ1v) is 8.98. The Balaban J connectivity index is 1.68. The van der Waals surface area contributed by atoms with Crippen LogP contribution in [-0.2, 0) is 11.3 Å². The van der Waals surface area contributed by atoms with Crippen molar-refractivity contribution in [2.24, 2.45) is 11.7 Å².